The fourth-order valence-corrected chi connectivity index (χ4v) is 2.43. The van der Waals surface area contributed by atoms with Crippen molar-refractivity contribution in [1.29, 1.82) is 0 Å². The summed E-state index contributed by atoms with van der Waals surface area (Å²) in [5.41, 5.74) is 1.29. The van der Waals surface area contributed by atoms with Gasteiger partial charge in [-0.3, -0.25) is 4.79 Å². The number of carbonyl (C=O) groups is 2. The van der Waals surface area contributed by atoms with Crippen LogP contribution in [0.1, 0.15) is 51.5 Å². The molecule has 0 radical (unpaired) electrons. The molecule has 0 aromatic heterocycles. The lowest BCUT2D eigenvalue weighted by molar-refractivity contribution is -0.142. The van der Waals surface area contributed by atoms with E-state index >= 15 is 0 Å². The zero-order chi connectivity index (χ0) is 20.2. The second-order valence-corrected chi connectivity index (χ2v) is 6.77. The first-order valence-corrected chi connectivity index (χ1v) is 9.42. The Bertz CT molecular complexity index is 641. The highest BCUT2D eigenvalue weighted by Crippen LogP contribution is 2.24. The molecule has 0 saturated heterocycles. The van der Waals surface area contributed by atoms with E-state index in [0.717, 1.165) is 24.8 Å². The molecule has 1 rings (SSSR count). The molecule has 1 aromatic carbocycles. The molecule has 1 atom stereocenters. The van der Waals surface area contributed by atoms with E-state index in [0.29, 0.717) is 11.4 Å². The molecule has 0 aliphatic carbocycles. The number of hydrogen-bond donors (Lipinski definition) is 1. The normalized spacial score (nSPS) is 11.9. The number of amides is 2. The van der Waals surface area contributed by atoms with Crippen LogP contribution in [0.15, 0.2) is 24.5 Å². The molecule has 0 aliphatic heterocycles. The molecule has 0 heterocycles. The lowest BCUT2D eigenvalue weighted by atomic mass is 10.0. The Labute approximate surface area is 162 Å². The van der Waals surface area contributed by atoms with Gasteiger partial charge in [-0.05, 0) is 24.6 Å². The maximum atomic E-state index is 12.1. The zero-order valence-corrected chi connectivity index (χ0v) is 17.1. The largest absolute Gasteiger partial charge is 0.497 e. The van der Waals surface area contributed by atoms with Crippen LogP contribution in [0.5, 0.6) is 5.75 Å². The summed E-state index contributed by atoms with van der Waals surface area (Å²) >= 11 is 0. The predicted molar refractivity (Wildman–Crippen MR) is 109 cm³/mol. The van der Waals surface area contributed by atoms with Gasteiger partial charge >= 0.3 is 12.0 Å². The molecule has 0 aliphatic rings. The maximum absolute atomic E-state index is 12.1. The van der Waals surface area contributed by atoms with Gasteiger partial charge in [0.2, 0.25) is 0 Å². The van der Waals surface area contributed by atoms with Crippen LogP contribution in [0.4, 0.5) is 10.5 Å². The van der Waals surface area contributed by atoms with E-state index in [1.54, 1.807) is 45.5 Å². The van der Waals surface area contributed by atoms with Gasteiger partial charge < -0.3 is 19.7 Å². The number of ether oxygens (including phenoxy) is 2. The second-order valence-electron chi connectivity index (χ2n) is 6.77. The Morgan fingerprint density at radius 3 is 2.59 bits per heavy atom. The Morgan fingerprint density at radius 2 is 1.96 bits per heavy atom. The van der Waals surface area contributed by atoms with Crippen LogP contribution in [0, 0.1) is 5.92 Å². The summed E-state index contributed by atoms with van der Waals surface area (Å²) in [4.78, 5) is 25.5. The summed E-state index contributed by atoms with van der Waals surface area (Å²) in [6.45, 7) is 4.05. The molecule has 1 N–H and O–H groups in total. The van der Waals surface area contributed by atoms with Gasteiger partial charge in [0.25, 0.3) is 0 Å². The molecule has 0 fully saturated rings. The lowest BCUT2D eigenvalue weighted by Crippen LogP contribution is -2.27. The number of methoxy groups -OCH3 is 1. The molecule has 1 aromatic rings. The van der Waals surface area contributed by atoms with Crippen molar-refractivity contribution in [1.82, 2.24) is 4.90 Å². The number of nitrogens with one attached hydrogen (secondary N) is 1. The van der Waals surface area contributed by atoms with E-state index in [1.807, 2.05) is 6.92 Å². The highest BCUT2D eigenvalue weighted by Gasteiger charge is 2.13. The standard InChI is InChI=1S/C21H32N2O4/c1-6-7-8-9-10-16(2)20(24)27-14-13-17-11-12-18(26-5)15-19(17)22-21(25)23(3)4/h11-16H,6-10H2,1-5H3,(H,22,25)/b14-13+. The van der Waals surface area contributed by atoms with Crippen LogP contribution in [-0.2, 0) is 9.53 Å². The first kappa shape index (κ1) is 22.5. The van der Waals surface area contributed by atoms with Gasteiger partial charge in [0.15, 0.2) is 0 Å². The third kappa shape index (κ3) is 8.15. The summed E-state index contributed by atoms with van der Waals surface area (Å²) in [6.07, 6.45) is 8.41. The number of anilines is 1. The van der Waals surface area contributed by atoms with E-state index in [9.17, 15) is 9.59 Å². The molecule has 6 heteroatoms. The van der Waals surface area contributed by atoms with E-state index in [1.165, 1.54) is 24.0 Å². The number of benzene rings is 1. The fourth-order valence-electron chi connectivity index (χ4n) is 2.43. The lowest BCUT2D eigenvalue weighted by Gasteiger charge is -2.15. The van der Waals surface area contributed by atoms with Crippen LogP contribution in [0.3, 0.4) is 0 Å². The Morgan fingerprint density at radius 1 is 1.22 bits per heavy atom. The molecule has 2 amide bonds. The first-order chi connectivity index (χ1) is 12.9. The minimum Gasteiger partial charge on any atom is -0.497 e. The average molecular weight is 376 g/mol. The van der Waals surface area contributed by atoms with Gasteiger partial charge in [0.1, 0.15) is 5.75 Å². The van der Waals surface area contributed by atoms with Crippen molar-refractivity contribution in [3.8, 4) is 5.75 Å². The van der Waals surface area contributed by atoms with Gasteiger partial charge in [-0.2, -0.15) is 0 Å². The minimum absolute atomic E-state index is 0.129. The Balaban J connectivity index is 2.70. The summed E-state index contributed by atoms with van der Waals surface area (Å²) in [6, 6.07) is 5.04. The predicted octanol–water partition coefficient (Wildman–Crippen LogP) is 4.91. The Hall–Kier alpha value is -2.50. The average Bonchev–Trinajstić information content (AvgIpc) is 2.65. The zero-order valence-electron chi connectivity index (χ0n) is 17.1. The summed E-state index contributed by atoms with van der Waals surface area (Å²) in [5, 5.41) is 2.80. The summed E-state index contributed by atoms with van der Waals surface area (Å²) in [5.74, 6) is 0.254. The topological polar surface area (TPSA) is 67.9 Å². The van der Waals surface area contributed by atoms with E-state index in [-0.39, 0.29) is 17.9 Å². The van der Waals surface area contributed by atoms with E-state index < -0.39 is 0 Å². The number of nitrogens with zero attached hydrogens (tertiary/aromatic N) is 1. The van der Waals surface area contributed by atoms with Crippen molar-refractivity contribution < 1.29 is 19.1 Å². The fraction of sp³-hybridized carbons (Fsp3) is 0.524. The van der Waals surface area contributed by atoms with Crippen molar-refractivity contribution >= 4 is 23.8 Å². The third-order valence-electron chi connectivity index (χ3n) is 4.23. The van der Waals surface area contributed by atoms with Crippen molar-refractivity contribution in [2.75, 3.05) is 26.5 Å². The molecular weight excluding hydrogens is 344 g/mol. The van der Waals surface area contributed by atoms with Crippen LogP contribution < -0.4 is 10.1 Å². The van der Waals surface area contributed by atoms with Gasteiger partial charge in [-0.25, -0.2) is 4.79 Å². The minimum atomic E-state index is -0.254. The van der Waals surface area contributed by atoms with Crippen LogP contribution >= 0.6 is 0 Å². The van der Waals surface area contributed by atoms with E-state index in [4.69, 9.17) is 9.47 Å². The molecule has 150 valence electrons. The van der Waals surface area contributed by atoms with Crippen LogP contribution in [0.2, 0.25) is 0 Å². The monoisotopic (exact) mass is 376 g/mol. The van der Waals surface area contributed by atoms with Gasteiger partial charge in [0.05, 0.1) is 25.0 Å². The van der Waals surface area contributed by atoms with Crippen LogP contribution in [-0.4, -0.2) is 38.1 Å². The molecule has 27 heavy (non-hydrogen) atoms. The molecule has 0 spiro atoms. The van der Waals surface area contributed by atoms with Gasteiger partial charge in [-0.1, -0.05) is 39.5 Å². The van der Waals surface area contributed by atoms with Gasteiger partial charge in [-0.15, -0.1) is 0 Å². The highest BCUT2D eigenvalue weighted by molar-refractivity contribution is 5.91. The molecule has 6 nitrogen and oxygen atoms in total. The van der Waals surface area contributed by atoms with Crippen molar-refractivity contribution in [2.45, 2.75) is 46.0 Å². The maximum Gasteiger partial charge on any atom is 0.321 e. The smallest absolute Gasteiger partial charge is 0.321 e. The third-order valence-corrected chi connectivity index (χ3v) is 4.23. The number of hydrogen-bond acceptors (Lipinski definition) is 4. The molecular formula is C21H32N2O4. The van der Waals surface area contributed by atoms with Crippen molar-refractivity contribution in [2.24, 2.45) is 5.92 Å². The molecule has 1 unspecified atom stereocenters. The number of carbonyl (C=O) groups excluding carboxylic acids is 2. The second kappa shape index (κ2) is 12.0. The molecule has 0 saturated carbocycles. The SMILES string of the molecule is CCCCCCC(C)C(=O)O/C=C/c1ccc(OC)cc1NC(=O)N(C)C. The quantitative estimate of drug-likeness (QED) is 0.358. The molecule has 0 bridgehead atoms. The summed E-state index contributed by atoms with van der Waals surface area (Å²) in [7, 11) is 4.88. The van der Waals surface area contributed by atoms with Crippen LogP contribution in [0.25, 0.3) is 6.08 Å². The number of esters is 1. The summed E-state index contributed by atoms with van der Waals surface area (Å²) < 4.78 is 10.5. The van der Waals surface area contributed by atoms with Crippen molar-refractivity contribution in [3.63, 3.8) is 0 Å². The Kier molecular flexibility index (Phi) is 10.0. The van der Waals surface area contributed by atoms with Crippen molar-refractivity contribution in [3.05, 3.63) is 30.0 Å². The highest BCUT2D eigenvalue weighted by atomic mass is 16.5. The first-order valence-electron chi connectivity index (χ1n) is 9.42. The van der Waals surface area contributed by atoms with Gasteiger partial charge in [0, 0.05) is 25.7 Å². The van der Waals surface area contributed by atoms with E-state index in [2.05, 4.69) is 12.2 Å². The number of unbranched alkanes of at least 4 members (excludes halogenated alkanes) is 3. The number of urea groups is 1. The number of rotatable bonds is 10.